The summed E-state index contributed by atoms with van der Waals surface area (Å²) in [6.07, 6.45) is 6.08. The molecular weight excluding hydrogens is 216 g/mol. The highest BCUT2D eigenvalue weighted by Crippen LogP contribution is 2.13. The highest BCUT2D eigenvalue weighted by Gasteiger charge is 2.10. The molecule has 0 atom stereocenters. The van der Waals surface area contributed by atoms with Crippen molar-refractivity contribution >= 4 is 5.91 Å². The van der Waals surface area contributed by atoms with E-state index in [-0.39, 0.29) is 5.91 Å². The van der Waals surface area contributed by atoms with E-state index in [4.69, 9.17) is 4.52 Å². The summed E-state index contributed by atoms with van der Waals surface area (Å²) >= 11 is 0. The summed E-state index contributed by atoms with van der Waals surface area (Å²) in [5.41, 5.74) is 1.93. The maximum absolute atomic E-state index is 11.5. The number of aryl methyl sites for hydroxylation is 2. The molecule has 0 radical (unpaired) electrons. The Morgan fingerprint density at radius 2 is 2.24 bits per heavy atom. The van der Waals surface area contributed by atoms with Gasteiger partial charge in [-0.2, -0.15) is 0 Å². The normalized spacial score (nSPS) is 11.0. The van der Waals surface area contributed by atoms with Crippen LogP contribution in [0.5, 0.6) is 0 Å². The van der Waals surface area contributed by atoms with Gasteiger partial charge in [0.2, 0.25) is 5.91 Å². The molecule has 1 heterocycles. The van der Waals surface area contributed by atoms with Crippen molar-refractivity contribution in [3.8, 4) is 0 Å². The maximum atomic E-state index is 11.5. The molecule has 0 unspecified atom stereocenters. The number of carbonyl (C=O) groups excluding carboxylic acids is 1. The molecule has 0 bridgehead atoms. The molecule has 1 rings (SSSR count). The number of allylic oxidation sites excluding steroid dienone is 1. The van der Waals surface area contributed by atoms with Gasteiger partial charge in [-0.15, -0.1) is 0 Å². The van der Waals surface area contributed by atoms with E-state index in [1.165, 1.54) is 0 Å². The van der Waals surface area contributed by atoms with Crippen molar-refractivity contribution in [2.75, 3.05) is 6.54 Å². The molecule has 4 heteroatoms. The van der Waals surface area contributed by atoms with Crippen LogP contribution >= 0.6 is 0 Å². The average Bonchev–Trinajstić information content (AvgIpc) is 2.62. The SMILES string of the molecule is C/C=C/CCNC(=O)CCc1c(C)noc1C. The Hall–Kier alpha value is -1.58. The van der Waals surface area contributed by atoms with E-state index in [0.717, 1.165) is 23.4 Å². The number of aromatic nitrogens is 1. The van der Waals surface area contributed by atoms with Gasteiger partial charge in [-0.1, -0.05) is 17.3 Å². The first-order chi connectivity index (χ1) is 8.15. The standard InChI is InChI=1S/C13H20N2O2/c1-4-5-6-9-14-13(16)8-7-12-10(2)15-17-11(12)3/h4-5H,6-9H2,1-3H3,(H,14,16)/b5-4+. The molecule has 17 heavy (non-hydrogen) atoms. The molecule has 0 spiro atoms. The van der Waals surface area contributed by atoms with Gasteiger partial charge in [0.05, 0.1) is 5.69 Å². The van der Waals surface area contributed by atoms with Crippen LogP contribution in [0.1, 0.15) is 36.8 Å². The number of rotatable bonds is 6. The fourth-order valence-electron chi connectivity index (χ4n) is 1.65. The number of amides is 1. The molecule has 0 aliphatic heterocycles. The van der Waals surface area contributed by atoms with Crippen molar-refractivity contribution in [2.24, 2.45) is 0 Å². The first-order valence-corrected chi connectivity index (χ1v) is 5.94. The highest BCUT2D eigenvalue weighted by atomic mass is 16.5. The quantitative estimate of drug-likeness (QED) is 0.609. The number of nitrogens with zero attached hydrogens (tertiary/aromatic N) is 1. The molecule has 0 aliphatic carbocycles. The summed E-state index contributed by atoms with van der Waals surface area (Å²) in [5.74, 6) is 0.888. The molecule has 94 valence electrons. The van der Waals surface area contributed by atoms with Crippen LogP contribution < -0.4 is 5.32 Å². The minimum Gasteiger partial charge on any atom is -0.361 e. The largest absolute Gasteiger partial charge is 0.361 e. The van der Waals surface area contributed by atoms with Crippen LogP contribution in [0.15, 0.2) is 16.7 Å². The second kappa shape index (κ2) is 6.89. The van der Waals surface area contributed by atoms with Crippen molar-refractivity contribution in [1.29, 1.82) is 0 Å². The number of carbonyl (C=O) groups is 1. The lowest BCUT2D eigenvalue weighted by Gasteiger charge is -2.03. The number of hydrogen-bond donors (Lipinski definition) is 1. The molecule has 0 fully saturated rings. The summed E-state index contributed by atoms with van der Waals surface area (Å²) < 4.78 is 5.05. The van der Waals surface area contributed by atoms with Crippen LogP contribution in [-0.4, -0.2) is 17.6 Å². The third-order valence-corrected chi connectivity index (χ3v) is 2.65. The van der Waals surface area contributed by atoms with Crippen LogP contribution in [0.25, 0.3) is 0 Å². The Morgan fingerprint density at radius 3 is 2.82 bits per heavy atom. The molecule has 1 aromatic heterocycles. The topological polar surface area (TPSA) is 55.1 Å². The Balaban J connectivity index is 2.29. The summed E-state index contributed by atoms with van der Waals surface area (Å²) in [7, 11) is 0. The average molecular weight is 236 g/mol. The van der Waals surface area contributed by atoms with Gasteiger partial charge in [-0.25, -0.2) is 0 Å². The van der Waals surface area contributed by atoms with E-state index >= 15 is 0 Å². The van der Waals surface area contributed by atoms with Gasteiger partial charge in [0.15, 0.2) is 0 Å². The minimum absolute atomic E-state index is 0.0782. The Morgan fingerprint density at radius 1 is 1.47 bits per heavy atom. The zero-order chi connectivity index (χ0) is 12.7. The van der Waals surface area contributed by atoms with E-state index in [1.807, 2.05) is 32.9 Å². The van der Waals surface area contributed by atoms with Gasteiger partial charge in [0.25, 0.3) is 0 Å². The van der Waals surface area contributed by atoms with Gasteiger partial charge in [0, 0.05) is 18.5 Å². The highest BCUT2D eigenvalue weighted by molar-refractivity contribution is 5.76. The van der Waals surface area contributed by atoms with E-state index in [9.17, 15) is 4.79 Å². The number of nitrogens with one attached hydrogen (secondary N) is 1. The molecule has 0 saturated heterocycles. The fraction of sp³-hybridized carbons (Fsp3) is 0.538. The first kappa shape index (κ1) is 13.5. The van der Waals surface area contributed by atoms with Crippen LogP contribution in [0.4, 0.5) is 0 Å². The Kier molecular flexibility index (Phi) is 5.46. The first-order valence-electron chi connectivity index (χ1n) is 5.94. The van der Waals surface area contributed by atoms with Gasteiger partial charge >= 0.3 is 0 Å². The van der Waals surface area contributed by atoms with Gasteiger partial charge in [-0.3, -0.25) is 4.79 Å². The van der Waals surface area contributed by atoms with E-state index < -0.39 is 0 Å². The van der Waals surface area contributed by atoms with Crippen LogP contribution in [0, 0.1) is 13.8 Å². The minimum atomic E-state index is 0.0782. The molecule has 0 aliphatic rings. The molecule has 1 amide bonds. The second-order valence-corrected chi connectivity index (χ2v) is 4.01. The summed E-state index contributed by atoms with van der Waals surface area (Å²) in [4.78, 5) is 11.5. The van der Waals surface area contributed by atoms with Crippen LogP contribution in [-0.2, 0) is 11.2 Å². The van der Waals surface area contributed by atoms with Crippen molar-refractivity contribution in [2.45, 2.75) is 40.0 Å². The van der Waals surface area contributed by atoms with E-state index in [2.05, 4.69) is 10.5 Å². The number of hydrogen-bond acceptors (Lipinski definition) is 3. The van der Waals surface area contributed by atoms with Crippen molar-refractivity contribution in [1.82, 2.24) is 10.5 Å². The second-order valence-electron chi connectivity index (χ2n) is 4.01. The lowest BCUT2D eigenvalue weighted by Crippen LogP contribution is -2.24. The molecule has 0 aromatic carbocycles. The Labute approximate surface area is 102 Å². The van der Waals surface area contributed by atoms with Crippen molar-refractivity contribution in [3.05, 3.63) is 29.2 Å². The molecule has 1 aromatic rings. The Bertz CT molecular complexity index is 375. The summed E-state index contributed by atoms with van der Waals surface area (Å²) in [5, 5.41) is 6.74. The summed E-state index contributed by atoms with van der Waals surface area (Å²) in [6.45, 7) is 6.44. The van der Waals surface area contributed by atoms with Crippen molar-refractivity contribution in [3.63, 3.8) is 0 Å². The fourth-order valence-corrected chi connectivity index (χ4v) is 1.65. The van der Waals surface area contributed by atoms with Gasteiger partial charge in [-0.05, 0) is 33.6 Å². The third kappa shape index (κ3) is 4.43. The van der Waals surface area contributed by atoms with E-state index in [0.29, 0.717) is 19.4 Å². The van der Waals surface area contributed by atoms with E-state index in [1.54, 1.807) is 0 Å². The van der Waals surface area contributed by atoms with Crippen molar-refractivity contribution < 1.29 is 9.32 Å². The smallest absolute Gasteiger partial charge is 0.220 e. The molecule has 4 nitrogen and oxygen atoms in total. The predicted molar refractivity (Wildman–Crippen MR) is 66.7 cm³/mol. The molecule has 1 N–H and O–H groups in total. The lowest BCUT2D eigenvalue weighted by molar-refractivity contribution is -0.121. The molecular formula is C13H20N2O2. The summed E-state index contributed by atoms with van der Waals surface area (Å²) in [6, 6.07) is 0. The zero-order valence-corrected chi connectivity index (χ0v) is 10.7. The van der Waals surface area contributed by atoms with Crippen LogP contribution in [0.3, 0.4) is 0 Å². The lowest BCUT2D eigenvalue weighted by atomic mass is 10.1. The predicted octanol–water partition coefficient (Wildman–Crippen LogP) is 2.31. The molecule has 0 saturated carbocycles. The third-order valence-electron chi connectivity index (χ3n) is 2.65. The maximum Gasteiger partial charge on any atom is 0.220 e. The van der Waals surface area contributed by atoms with Gasteiger partial charge < -0.3 is 9.84 Å². The van der Waals surface area contributed by atoms with Crippen LogP contribution in [0.2, 0.25) is 0 Å². The monoisotopic (exact) mass is 236 g/mol. The van der Waals surface area contributed by atoms with Gasteiger partial charge in [0.1, 0.15) is 5.76 Å². The zero-order valence-electron chi connectivity index (χ0n) is 10.7.